The minimum absolute atomic E-state index is 0.102. The molecule has 0 radical (unpaired) electrons. The molecule has 142 valence electrons. The first kappa shape index (κ1) is 18.8. The van der Waals surface area contributed by atoms with Crippen molar-refractivity contribution in [2.75, 3.05) is 26.6 Å². The lowest BCUT2D eigenvalue weighted by Crippen LogP contribution is -2.17. The largest absolute Gasteiger partial charge is 0.493 e. The Morgan fingerprint density at radius 3 is 2.48 bits per heavy atom. The Balaban J connectivity index is 1.75. The number of fused-ring (bicyclic) bond motifs is 1. The van der Waals surface area contributed by atoms with Crippen molar-refractivity contribution in [3.63, 3.8) is 0 Å². The molecular weight excluding hydrogens is 346 g/mol. The number of nitrogens with one attached hydrogen (secondary N) is 1. The number of ether oxygens (including phenoxy) is 3. The number of methoxy groups -OCH3 is 3. The van der Waals surface area contributed by atoms with E-state index in [0.717, 1.165) is 18.4 Å². The van der Waals surface area contributed by atoms with E-state index >= 15 is 0 Å². The molecule has 1 amide bonds. The number of aryl methyl sites for hydroxylation is 1. The van der Waals surface area contributed by atoms with Crippen molar-refractivity contribution in [3.8, 4) is 11.5 Å². The Morgan fingerprint density at radius 2 is 1.78 bits per heavy atom. The Labute approximate surface area is 158 Å². The number of carbonyl (C=O) groups is 2. The summed E-state index contributed by atoms with van der Waals surface area (Å²) in [7, 11) is 4.53. The van der Waals surface area contributed by atoms with Crippen molar-refractivity contribution in [1.29, 1.82) is 0 Å². The minimum atomic E-state index is -0.478. The third-order valence-electron chi connectivity index (χ3n) is 4.89. The van der Waals surface area contributed by atoms with Crippen molar-refractivity contribution >= 4 is 17.6 Å². The first-order valence-electron chi connectivity index (χ1n) is 8.79. The first-order chi connectivity index (χ1) is 13.1. The van der Waals surface area contributed by atoms with Gasteiger partial charge < -0.3 is 19.5 Å². The Hall–Kier alpha value is -3.02. The maximum atomic E-state index is 12.6. The molecule has 0 aliphatic heterocycles. The number of amides is 1. The maximum absolute atomic E-state index is 12.6. The summed E-state index contributed by atoms with van der Waals surface area (Å²) >= 11 is 0. The number of para-hydroxylation sites is 1. The van der Waals surface area contributed by atoms with Crippen LogP contribution >= 0.6 is 0 Å². The van der Waals surface area contributed by atoms with Gasteiger partial charge in [-0.25, -0.2) is 4.79 Å². The second kappa shape index (κ2) is 8.12. The molecule has 0 spiro atoms. The number of carbonyl (C=O) groups excluding carboxylic acids is 2. The summed E-state index contributed by atoms with van der Waals surface area (Å²) in [6.45, 7) is 0. The summed E-state index contributed by atoms with van der Waals surface area (Å²) < 4.78 is 15.5. The zero-order chi connectivity index (χ0) is 19.4. The van der Waals surface area contributed by atoms with Gasteiger partial charge in [-0.1, -0.05) is 12.1 Å². The van der Waals surface area contributed by atoms with Gasteiger partial charge in [-0.15, -0.1) is 0 Å². The van der Waals surface area contributed by atoms with E-state index in [1.807, 2.05) is 12.1 Å². The molecule has 1 atom stereocenters. The maximum Gasteiger partial charge on any atom is 0.339 e. The van der Waals surface area contributed by atoms with Crippen LogP contribution in [0.2, 0.25) is 0 Å². The summed E-state index contributed by atoms with van der Waals surface area (Å²) in [6, 6.07) is 10.8. The molecule has 0 aromatic heterocycles. The fourth-order valence-corrected chi connectivity index (χ4v) is 3.54. The van der Waals surface area contributed by atoms with Gasteiger partial charge in [0, 0.05) is 6.42 Å². The highest BCUT2D eigenvalue weighted by atomic mass is 16.5. The van der Waals surface area contributed by atoms with E-state index in [0.29, 0.717) is 29.2 Å². The van der Waals surface area contributed by atoms with Gasteiger partial charge in [0.2, 0.25) is 5.91 Å². The molecule has 1 aliphatic rings. The predicted molar refractivity (Wildman–Crippen MR) is 102 cm³/mol. The van der Waals surface area contributed by atoms with Gasteiger partial charge in [-0.3, -0.25) is 4.79 Å². The van der Waals surface area contributed by atoms with Crippen molar-refractivity contribution in [2.24, 2.45) is 0 Å². The number of anilines is 1. The molecule has 0 heterocycles. The van der Waals surface area contributed by atoms with Gasteiger partial charge in [0.25, 0.3) is 0 Å². The van der Waals surface area contributed by atoms with Crippen molar-refractivity contribution in [2.45, 2.75) is 25.2 Å². The molecule has 0 saturated carbocycles. The van der Waals surface area contributed by atoms with E-state index in [1.165, 1.54) is 12.7 Å². The van der Waals surface area contributed by atoms with Crippen LogP contribution in [-0.4, -0.2) is 33.2 Å². The fourth-order valence-electron chi connectivity index (χ4n) is 3.54. The summed E-state index contributed by atoms with van der Waals surface area (Å²) in [6.07, 6.45) is 2.11. The van der Waals surface area contributed by atoms with Crippen LogP contribution in [0.4, 0.5) is 5.69 Å². The highest BCUT2D eigenvalue weighted by Crippen LogP contribution is 2.41. The topological polar surface area (TPSA) is 73.9 Å². The molecule has 0 fully saturated rings. The minimum Gasteiger partial charge on any atom is -0.493 e. The van der Waals surface area contributed by atoms with E-state index in [4.69, 9.17) is 14.2 Å². The van der Waals surface area contributed by atoms with Gasteiger partial charge in [-0.05, 0) is 54.2 Å². The first-order valence-corrected chi connectivity index (χ1v) is 8.79. The smallest absolute Gasteiger partial charge is 0.339 e. The lowest BCUT2D eigenvalue weighted by atomic mass is 9.97. The molecule has 6 nitrogen and oxygen atoms in total. The van der Waals surface area contributed by atoms with E-state index in [2.05, 4.69) is 5.32 Å². The van der Waals surface area contributed by atoms with E-state index in [9.17, 15) is 9.59 Å². The van der Waals surface area contributed by atoms with Crippen LogP contribution < -0.4 is 14.8 Å². The van der Waals surface area contributed by atoms with Gasteiger partial charge in [0.15, 0.2) is 11.5 Å². The number of hydrogen-bond donors (Lipinski definition) is 1. The van der Waals surface area contributed by atoms with Crippen LogP contribution in [0.3, 0.4) is 0 Å². The van der Waals surface area contributed by atoms with Crippen molar-refractivity contribution in [3.05, 3.63) is 53.1 Å². The lowest BCUT2D eigenvalue weighted by molar-refractivity contribution is -0.116. The lowest BCUT2D eigenvalue weighted by Gasteiger charge is -2.15. The molecule has 1 unspecified atom stereocenters. The van der Waals surface area contributed by atoms with E-state index in [-0.39, 0.29) is 11.8 Å². The molecule has 27 heavy (non-hydrogen) atoms. The summed E-state index contributed by atoms with van der Waals surface area (Å²) in [5.41, 5.74) is 3.09. The Bertz CT molecular complexity index is 862. The van der Waals surface area contributed by atoms with Crippen LogP contribution in [0.5, 0.6) is 11.5 Å². The van der Waals surface area contributed by atoms with Crippen molar-refractivity contribution < 1.29 is 23.8 Å². The molecular formula is C21H23NO5. The highest BCUT2D eigenvalue weighted by molar-refractivity contribution is 6.01. The van der Waals surface area contributed by atoms with Gasteiger partial charge in [0.1, 0.15) is 0 Å². The highest BCUT2D eigenvalue weighted by Gasteiger charge is 2.27. The van der Waals surface area contributed by atoms with Crippen LogP contribution in [0.15, 0.2) is 36.4 Å². The van der Waals surface area contributed by atoms with Gasteiger partial charge >= 0.3 is 5.97 Å². The monoisotopic (exact) mass is 369 g/mol. The average Bonchev–Trinajstić information content (AvgIpc) is 3.08. The Kier molecular flexibility index (Phi) is 5.64. The molecule has 1 N–H and O–H groups in total. The van der Waals surface area contributed by atoms with Crippen LogP contribution in [0.1, 0.15) is 40.2 Å². The predicted octanol–water partition coefficient (Wildman–Crippen LogP) is 3.55. The Morgan fingerprint density at radius 1 is 1.07 bits per heavy atom. The number of esters is 1. The SMILES string of the molecule is COC(=O)c1ccccc1NC(=O)CC1CCc2cc(OC)c(OC)cc21. The molecule has 1 aliphatic carbocycles. The van der Waals surface area contributed by atoms with Crippen LogP contribution in [0.25, 0.3) is 0 Å². The van der Waals surface area contributed by atoms with Crippen LogP contribution in [0, 0.1) is 0 Å². The second-order valence-electron chi connectivity index (χ2n) is 6.43. The second-order valence-corrected chi connectivity index (χ2v) is 6.43. The quantitative estimate of drug-likeness (QED) is 0.788. The molecule has 3 rings (SSSR count). The summed E-state index contributed by atoms with van der Waals surface area (Å²) in [4.78, 5) is 24.5. The summed E-state index contributed by atoms with van der Waals surface area (Å²) in [5.74, 6) is 0.853. The fraction of sp³-hybridized carbons (Fsp3) is 0.333. The van der Waals surface area contributed by atoms with E-state index in [1.54, 1.807) is 38.5 Å². The number of benzene rings is 2. The number of hydrogen-bond acceptors (Lipinski definition) is 5. The summed E-state index contributed by atoms with van der Waals surface area (Å²) in [5, 5.41) is 2.84. The molecule has 2 aromatic carbocycles. The third kappa shape index (κ3) is 3.89. The van der Waals surface area contributed by atoms with Crippen molar-refractivity contribution in [1.82, 2.24) is 0 Å². The normalized spacial score (nSPS) is 15.0. The molecule has 0 saturated heterocycles. The molecule has 0 bridgehead atoms. The standard InChI is InChI=1S/C21H23NO5/c1-25-18-10-13-8-9-14(16(13)12-19(18)26-2)11-20(23)22-17-7-5-4-6-15(17)21(24)27-3/h4-7,10,12,14H,8-9,11H2,1-3H3,(H,22,23). The molecule has 6 heteroatoms. The average molecular weight is 369 g/mol. The zero-order valence-electron chi connectivity index (χ0n) is 15.7. The molecule has 2 aromatic rings. The number of rotatable bonds is 6. The van der Waals surface area contributed by atoms with Gasteiger partial charge in [-0.2, -0.15) is 0 Å². The van der Waals surface area contributed by atoms with E-state index < -0.39 is 5.97 Å². The zero-order valence-corrected chi connectivity index (χ0v) is 15.7. The van der Waals surface area contributed by atoms with Gasteiger partial charge in [0.05, 0.1) is 32.6 Å². The van der Waals surface area contributed by atoms with Crippen LogP contribution in [-0.2, 0) is 16.0 Å². The third-order valence-corrected chi connectivity index (χ3v) is 4.89.